The average molecular weight is 470 g/mol. The van der Waals surface area contributed by atoms with Crippen molar-refractivity contribution >= 4 is 5.91 Å². The molecule has 5 rings (SSSR count). The van der Waals surface area contributed by atoms with Crippen molar-refractivity contribution < 1.29 is 4.79 Å². The second-order valence-corrected chi connectivity index (χ2v) is 9.76. The number of nitrogens with zero attached hydrogens (tertiary/aromatic N) is 5. The maximum Gasteiger partial charge on any atom is 0.237 e. The zero-order chi connectivity index (χ0) is 24.4. The Morgan fingerprint density at radius 2 is 1.86 bits per heavy atom. The van der Waals surface area contributed by atoms with Gasteiger partial charge in [-0.05, 0) is 74.8 Å². The second-order valence-electron chi connectivity index (χ2n) is 9.76. The maximum absolute atomic E-state index is 12.8. The van der Waals surface area contributed by atoms with Gasteiger partial charge >= 0.3 is 0 Å². The molecule has 2 heterocycles. The molecule has 0 spiro atoms. The second kappa shape index (κ2) is 9.59. The third-order valence-corrected chi connectivity index (χ3v) is 7.51. The lowest BCUT2D eigenvalue weighted by Crippen LogP contribution is -2.42. The number of H-pyrrole nitrogens is 1. The highest BCUT2D eigenvalue weighted by atomic mass is 16.2. The highest BCUT2D eigenvalue weighted by Crippen LogP contribution is 2.45. The number of nitrogens with one attached hydrogen (secondary N) is 2. The van der Waals surface area contributed by atoms with Gasteiger partial charge in [0.05, 0.1) is 18.0 Å². The average Bonchev–Trinajstić information content (AvgIpc) is 3.54. The van der Waals surface area contributed by atoms with Gasteiger partial charge in [0.15, 0.2) is 5.82 Å². The molecule has 2 aliphatic rings. The van der Waals surface area contributed by atoms with Gasteiger partial charge in [-0.25, -0.2) is 0 Å². The molecule has 0 radical (unpaired) electrons. The molecule has 1 aliphatic carbocycles. The Balaban J connectivity index is 1.49. The van der Waals surface area contributed by atoms with E-state index >= 15 is 0 Å². The number of tetrazole rings is 1. The summed E-state index contributed by atoms with van der Waals surface area (Å²) in [5.74, 6) is 0.627. The molecule has 8 heteroatoms. The maximum atomic E-state index is 12.8. The Labute approximate surface area is 205 Å². The van der Waals surface area contributed by atoms with Crippen LogP contribution in [-0.2, 0) is 23.1 Å². The Morgan fingerprint density at radius 3 is 2.46 bits per heavy atom. The topological polar surface area (TPSA) is 111 Å². The number of rotatable bonds is 6. The number of aromatic amines is 1. The first-order valence-electron chi connectivity index (χ1n) is 12.4. The van der Waals surface area contributed by atoms with E-state index in [-0.39, 0.29) is 18.5 Å². The molecule has 3 aromatic rings. The van der Waals surface area contributed by atoms with E-state index < -0.39 is 5.41 Å². The number of fused-ring (bicyclic) bond motifs is 2. The monoisotopic (exact) mass is 469 g/mol. The summed E-state index contributed by atoms with van der Waals surface area (Å²) in [7, 11) is 0. The molecule has 1 amide bonds. The highest BCUT2D eigenvalue weighted by molar-refractivity contribution is 5.79. The van der Waals surface area contributed by atoms with Crippen LogP contribution >= 0.6 is 0 Å². The van der Waals surface area contributed by atoms with Crippen LogP contribution in [0.5, 0.6) is 0 Å². The number of carbonyl (C=O) groups is 1. The predicted molar refractivity (Wildman–Crippen MR) is 132 cm³/mol. The number of aryl methyl sites for hydroxylation is 4. The summed E-state index contributed by atoms with van der Waals surface area (Å²) in [5, 5.41) is 28.3. The number of hydrogen-bond donors (Lipinski definition) is 2. The fraction of sp³-hybridized carbons (Fsp3) is 0.444. The van der Waals surface area contributed by atoms with E-state index in [9.17, 15) is 10.1 Å². The summed E-state index contributed by atoms with van der Waals surface area (Å²) in [6, 6.07) is 15.2. The largest absolute Gasteiger partial charge is 0.326 e. The summed E-state index contributed by atoms with van der Waals surface area (Å²) >= 11 is 0. The molecular weight excluding hydrogens is 438 g/mol. The minimum Gasteiger partial charge on any atom is -0.326 e. The van der Waals surface area contributed by atoms with E-state index in [1.165, 1.54) is 33.4 Å². The van der Waals surface area contributed by atoms with Crippen LogP contribution in [0.25, 0.3) is 0 Å². The first kappa shape index (κ1) is 23.2. The van der Waals surface area contributed by atoms with Crippen LogP contribution in [0.15, 0.2) is 36.4 Å². The fourth-order valence-electron chi connectivity index (χ4n) is 5.84. The Morgan fingerprint density at radius 1 is 1.17 bits per heavy atom. The van der Waals surface area contributed by atoms with Gasteiger partial charge in [-0.15, -0.1) is 10.2 Å². The SMILES string of the molecule is Cc1ccc2c(c1)CCc1cc(C)ccc1C2(CCNCC(=O)N1CCC[C@H]1C#N)c1nn[nH]n1. The Bertz CT molecular complexity index is 1210. The summed E-state index contributed by atoms with van der Waals surface area (Å²) in [6.45, 7) is 5.70. The van der Waals surface area contributed by atoms with Crippen LogP contribution in [0.1, 0.15) is 58.5 Å². The molecule has 180 valence electrons. The van der Waals surface area contributed by atoms with Gasteiger partial charge in [0.2, 0.25) is 5.91 Å². The zero-order valence-corrected chi connectivity index (χ0v) is 20.3. The van der Waals surface area contributed by atoms with Gasteiger partial charge in [-0.3, -0.25) is 4.79 Å². The zero-order valence-electron chi connectivity index (χ0n) is 20.3. The summed E-state index contributed by atoms with van der Waals surface area (Å²) in [6.07, 6.45) is 4.22. The van der Waals surface area contributed by atoms with Crippen molar-refractivity contribution in [3.63, 3.8) is 0 Å². The van der Waals surface area contributed by atoms with Crippen LogP contribution in [0.4, 0.5) is 0 Å². The molecule has 0 unspecified atom stereocenters. The van der Waals surface area contributed by atoms with Crippen molar-refractivity contribution in [3.8, 4) is 6.07 Å². The Kier molecular flexibility index (Phi) is 6.35. The van der Waals surface area contributed by atoms with E-state index in [1.54, 1.807) is 4.90 Å². The molecule has 1 aromatic heterocycles. The third-order valence-electron chi connectivity index (χ3n) is 7.51. The highest BCUT2D eigenvalue weighted by Gasteiger charge is 2.44. The lowest BCUT2D eigenvalue weighted by atomic mass is 9.69. The molecule has 0 bridgehead atoms. The number of aromatic nitrogens is 4. The predicted octanol–water partition coefficient (Wildman–Crippen LogP) is 2.74. The Hall–Kier alpha value is -3.57. The minimum atomic E-state index is -0.589. The minimum absolute atomic E-state index is 0.0180. The molecule has 35 heavy (non-hydrogen) atoms. The van der Waals surface area contributed by atoms with Crippen molar-refractivity contribution in [2.75, 3.05) is 19.6 Å². The van der Waals surface area contributed by atoms with Gasteiger partial charge in [0.25, 0.3) is 0 Å². The quantitative estimate of drug-likeness (QED) is 0.537. The van der Waals surface area contributed by atoms with E-state index in [2.05, 4.69) is 82.3 Å². The van der Waals surface area contributed by atoms with Crippen LogP contribution in [0.3, 0.4) is 0 Å². The molecule has 8 nitrogen and oxygen atoms in total. The van der Waals surface area contributed by atoms with Crippen molar-refractivity contribution in [1.29, 1.82) is 5.26 Å². The number of amides is 1. The number of nitriles is 1. The molecule has 1 aliphatic heterocycles. The van der Waals surface area contributed by atoms with Crippen molar-refractivity contribution in [1.82, 2.24) is 30.8 Å². The number of benzene rings is 2. The third kappa shape index (κ3) is 4.21. The molecule has 0 saturated carbocycles. The van der Waals surface area contributed by atoms with E-state index in [1.807, 2.05) is 0 Å². The molecule has 1 atom stereocenters. The van der Waals surface area contributed by atoms with Gasteiger partial charge in [0.1, 0.15) is 6.04 Å². The van der Waals surface area contributed by atoms with Crippen LogP contribution in [-0.4, -0.2) is 57.1 Å². The van der Waals surface area contributed by atoms with Crippen LogP contribution in [0, 0.1) is 25.2 Å². The first-order valence-corrected chi connectivity index (χ1v) is 12.4. The van der Waals surface area contributed by atoms with Crippen molar-refractivity contribution in [3.05, 3.63) is 75.6 Å². The summed E-state index contributed by atoms with van der Waals surface area (Å²) in [5.41, 5.74) is 6.87. The lowest BCUT2D eigenvalue weighted by molar-refractivity contribution is -0.130. The van der Waals surface area contributed by atoms with Crippen molar-refractivity contribution in [2.24, 2.45) is 0 Å². The molecule has 1 saturated heterocycles. The standard InChI is InChI=1S/C27H31N7O/c1-18-5-9-23-20(14-18)7-8-21-15-19(2)6-10-24(21)27(23,26-30-32-33-31-26)11-12-29-17-25(35)34-13-3-4-22(34)16-28/h5-6,9-10,14-15,22,29H,3-4,7-8,11-13,17H2,1-2H3,(H,30,31,32,33)/t22-/m0/s1. The van der Waals surface area contributed by atoms with E-state index in [0.717, 1.165) is 25.7 Å². The number of hydrogen-bond acceptors (Lipinski definition) is 6. The van der Waals surface area contributed by atoms with Crippen LogP contribution in [0.2, 0.25) is 0 Å². The summed E-state index contributed by atoms with van der Waals surface area (Å²) < 4.78 is 0. The molecule has 2 N–H and O–H groups in total. The van der Waals surface area contributed by atoms with Gasteiger partial charge < -0.3 is 10.2 Å². The smallest absolute Gasteiger partial charge is 0.237 e. The summed E-state index contributed by atoms with van der Waals surface area (Å²) in [4.78, 5) is 14.5. The number of carbonyl (C=O) groups excluding carboxylic acids is 1. The van der Waals surface area contributed by atoms with Gasteiger partial charge in [-0.1, -0.05) is 52.7 Å². The first-order chi connectivity index (χ1) is 17.0. The lowest BCUT2D eigenvalue weighted by Gasteiger charge is -2.34. The van der Waals surface area contributed by atoms with E-state index in [0.29, 0.717) is 25.3 Å². The normalized spacial score (nSPS) is 18.4. The van der Waals surface area contributed by atoms with Crippen LogP contribution < -0.4 is 5.32 Å². The molecular formula is C27H31N7O. The fourth-order valence-corrected chi connectivity index (χ4v) is 5.84. The van der Waals surface area contributed by atoms with Gasteiger partial charge in [-0.2, -0.15) is 10.5 Å². The van der Waals surface area contributed by atoms with E-state index in [4.69, 9.17) is 0 Å². The molecule has 1 fully saturated rings. The van der Waals surface area contributed by atoms with Gasteiger partial charge in [0, 0.05) is 6.54 Å². The number of likely N-dealkylation sites (tertiary alicyclic amines) is 1. The van der Waals surface area contributed by atoms with Crippen molar-refractivity contribution in [2.45, 2.75) is 57.4 Å². The molecule has 2 aromatic carbocycles.